The summed E-state index contributed by atoms with van der Waals surface area (Å²) in [6.45, 7) is 5.09. The van der Waals surface area contributed by atoms with Gasteiger partial charge in [0.2, 0.25) is 16.9 Å². The largest absolute Gasteiger partial charge is 0.461 e. The second kappa shape index (κ2) is 5.83. The van der Waals surface area contributed by atoms with Gasteiger partial charge in [-0.3, -0.25) is 9.59 Å². The van der Waals surface area contributed by atoms with Crippen LogP contribution in [0.4, 0.5) is 0 Å². The lowest BCUT2D eigenvalue weighted by Gasteiger charge is -2.17. The molecule has 0 bridgehead atoms. The van der Waals surface area contributed by atoms with Crippen LogP contribution in [0.15, 0.2) is 50.2 Å². The number of benzene rings is 1. The number of rotatable bonds is 2. The number of hydrogen-bond acceptors (Lipinski definition) is 5. The molecule has 1 aromatic carbocycles. The highest BCUT2D eigenvalue weighted by molar-refractivity contribution is 6.31. The Morgan fingerprint density at radius 3 is 2.58 bits per heavy atom. The van der Waals surface area contributed by atoms with Gasteiger partial charge in [-0.05, 0) is 51.1 Å². The van der Waals surface area contributed by atoms with Crippen LogP contribution in [0.5, 0.6) is 5.75 Å². The molecule has 0 aliphatic heterocycles. The molecule has 24 heavy (non-hydrogen) atoms. The van der Waals surface area contributed by atoms with E-state index >= 15 is 0 Å². The van der Waals surface area contributed by atoms with E-state index in [0.717, 1.165) is 0 Å². The number of ether oxygens (including phenoxy) is 1. The Morgan fingerprint density at radius 2 is 1.96 bits per heavy atom. The minimum atomic E-state index is -0.782. The third-order valence-corrected chi connectivity index (χ3v) is 3.60. The third-order valence-electron chi connectivity index (χ3n) is 3.36. The first kappa shape index (κ1) is 16.3. The molecule has 6 heteroatoms. The quantitative estimate of drug-likeness (QED) is 0.631. The van der Waals surface area contributed by atoms with E-state index in [-0.39, 0.29) is 16.9 Å². The summed E-state index contributed by atoms with van der Waals surface area (Å²) in [5, 5.41) is 0.614. The zero-order valence-corrected chi connectivity index (χ0v) is 14.1. The first-order valence-electron chi connectivity index (χ1n) is 7.30. The van der Waals surface area contributed by atoms with E-state index in [2.05, 4.69) is 0 Å². The number of furan rings is 1. The lowest BCUT2D eigenvalue weighted by atomic mass is 9.97. The van der Waals surface area contributed by atoms with E-state index in [0.29, 0.717) is 16.4 Å². The maximum atomic E-state index is 12.8. The van der Waals surface area contributed by atoms with Crippen LogP contribution in [0.2, 0.25) is 5.02 Å². The molecule has 0 saturated carbocycles. The highest BCUT2D eigenvalue weighted by Gasteiger charge is 2.28. The number of carbonyl (C=O) groups is 1. The molecule has 0 saturated heterocycles. The van der Waals surface area contributed by atoms with Crippen molar-refractivity contribution in [1.29, 1.82) is 0 Å². The monoisotopic (exact) mass is 346 g/mol. The normalized spacial score (nSPS) is 11.7. The molecule has 2 aromatic heterocycles. The average molecular weight is 347 g/mol. The Hall–Kier alpha value is -2.53. The third kappa shape index (κ3) is 2.95. The molecule has 0 aliphatic carbocycles. The summed E-state index contributed by atoms with van der Waals surface area (Å²) < 4.78 is 16.4. The summed E-state index contributed by atoms with van der Waals surface area (Å²) in [6.07, 6.45) is 1.44. The summed E-state index contributed by atoms with van der Waals surface area (Å²) in [7, 11) is 0. The van der Waals surface area contributed by atoms with Gasteiger partial charge in [-0.2, -0.15) is 0 Å². The minimum Gasteiger partial charge on any atom is -0.461 e. The number of hydrogen-bond donors (Lipinski definition) is 0. The number of esters is 1. The number of carbonyl (C=O) groups excluding carboxylic acids is 1. The smallest absolute Gasteiger partial charge is 0.316 e. The second-order valence-corrected chi connectivity index (χ2v) is 6.78. The molecule has 0 fully saturated rings. The van der Waals surface area contributed by atoms with Crippen molar-refractivity contribution in [2.45, 2.75) is 20.8 Å². The average Bonchev–Trinajstić information content (AvgIpc) is 3.03. The van der Waals surface area contributed by atoms with Gasteiger partial charge in [0.15, 0.2) is 5.76 Å². The fraction of sp³-hybridized carbons (Fsp3) is 0.222. The van der Waals surface area contributed by atoms with Crippen LogP contribution >= 0.6 is 11.6 Å². The Bertz CT molecular complexity index is 961. The first-order chi connectivity index (χ1) is 11.3. The topological polar surface area (TPSA) is 69.7 Å². The summed E-state index contributed by atoms with van der Waals surface area (Å²) in [5.74, 6) is -0.401. The summed E-state index contributed by atoms with van der Waals surface area (Å²) in [6, 6.07) is 7.94. The summed E-state index contributed by atoms with van der Waals surface area (Å²) >= 11 is 5.95. The highest BCUT2D eigenvalue weighted by atomic mass is 35.5. The van der Waals surface area contributed by atoms with Crippen LogP contribution in [-0.2, 0) is 4.79 Å². The van der Waals surface area contributed by atoms with Crippen LogP contribution in [0.25, 0.3) is 22.5 Å². The minimum absolute atomic E-state index is 0.0671. The van der Waals surface area contributed by atoms with Crippen LogP contribution < -0.4 is 10.2 Å². The standard InChI is InChI=1S/C18H15ClO5/c1-18(2,3)17(21)24-16-14(20)11-9-10(19)6-7-12(11)23-15(16)13-5-4-8-22-13/h4-9H,1-3H3. The fourth-order valence-corrected chi connectivity index (χ4v) is 2.23. The van der Waals surface area contributed by atoms with Crippen molar-refractivity contribution in [3.63, 3.8) is 0 Å². The van der Waals surface area contributed by atoms with Crippen LogP contribution in [0, 0.1) is 5.41 Å². The van der Waals surface area contributed by atoms with Crippen molar-refractivity contribution >= 4 is 28.5 Å². The van der Waals surface area contributed by atoms with Crippen molar-refractivity contribution in [2.75, 3.05) is 0 Å². The highest BCUT2D eigenvalue weighted by Crippen LogP contribution is 2.33. The lowest BCUT2D eigenvalue weighted by Crippen LogP contribution is -2.28. The van der Waals surface area contributed by atoms with E-state index in [1.165, 1.54) is 12.3 Å². The predicted molar refractivity (Wildman–Crippen MR) is 90.3 cm³/mol. The van der Waals surface area contributed by atoms with Crippen LogP contribution in [0.1, 0.15) is 20.8 Å². The second-order valence-electron chi connectivity index (χ2n) is 6.35. The molecule has 0 spiro atoms. The van der Waals surface area contributed by atoms with Gasteiger partial charge in [0.1, 0.15) is 5.58 Å². The fourth-order valence-electron chi connectivity index (χ4n) is 2.06. The Balaban J connectivity index is 2.27. The lowest BCUT2D eigenvalue weighted by molar-refractivity contribution is -0.143. The molecular formula is C18H15ClO5. The molecule has 0 amide bonds. The SMILES string of the molecule is CC(C)(C)C(=O)Oc1c(-c2ccco2)oc2ccc(Cl)cc2c1=O. The van der Waals surface area contributed by atoms with E-state index < -0.39 is 16.8 Å². The van der Waals surface area contributed by atoms with E-state index in [1.807, 2.05) is 0 Å². The molecule has 3 rings (SSSR count). The van der Waals surface area contributed by atoms with E-state index in [4.69, 9.17) is 25.2 Å². The molecule has 0 radical (unpaired) electrons. The Labute approximate surface area is 142 Å². The maximum absolute atomic E-state index is 12.8. The molecule has 3 aromatic rings. The van der Waals surface area contributed by atoms with Crippen molar-refractivity contribution in [1.82, 2.24) is 0 Å². The Morgan fingerprint density at radius 1 is 1.21 bits per heavy atom. The van der Waals surface area contributed by atoms with Gasteiger partial charge < -0.3 is 13.6 Å². The molecule has 5 nitrogen and oxygen atoms in total. The Kier molecular flexibility index (Phi) is 3.97. The van der Waals surface area contributed by atoms with Crippen molar-refractivity contribution < 1.29 is 18.4 Å². The number of fused-ring (bicyclic) bond motifs is 1. The zero-order valence-electron chi connectivity index (χ0n) is 13.4. The van der Waals surface area contributed by atoms with E-state index in [1.54, 1.807) is 45.0 Å². The van der Waals surface area contributed by atoms with Crippen molar-refractivity contribution in [3.8, 4) is 17.3 Å². The van der Waals surface area contributed by atoms with Gasteiger partial charge in [0.05, 0.1) is 17.1 Å². The molecule has 0 N–H and O–H groups in total. The zero-order chi connectivity index (χ0) is 17.5. The van der Waals surface area contributed by atoms with Gasteiger partial charge in [0, 0.05) is 5.02 Å². The van der Waals surface area contributed by atoms with Gasteiger partial charge >= 0.3 is 5.97 Å². The van der Waals surface area contributed by atoms with Crippen LogP contribution in [0.3, 0.4) is 0 Å². The molecule has 0 atom stereocenters. The van der Waals surface area contributed by atoms with Gasteiger partial charge in [-0.25, -0.2) is 0 Å². The molecule has 0 aliphatic rings. The summed E-state index contributed by atoms with van der Waals surface area (Å²) in [5.41, 5.74) is -0.940. The van der Waals surface area contributed by atoms with Gasteiger partial charge in [-0.15, -0.1) is 0 Å². The first-order valence-corrected chi connectivity index (χ1v) is 7.67. The molecular weight excluding hydrogens is 332 g/mol. The van der Waals surface area contributed by atoms with Gasteiger partial charge in [0.25, 0.3) is 0 Å². The van der Waals surface area contributed by atoms with E-state index in [9.17, 15) is 9.59 Å². The number of halogens is 1. The van der Waals surface area contributed by atoms with Crippen molar-refractivity contribution in [3.05, 3.63) is 51.8 Å². The molecule has 2 heterocycles. The van der Waals surface area contributed by atoms with Crippen LogP contribution in [-0.4, -0.2) is 5.97 Å². The molecule has 124 valence electrons. The molecule has 0 unspecified atom stereocenters. The van der Waals surface area contributed by atoms with Gasteiger partial charge in [-0.1, -0.05) is 11.6 Å². The maximum Gasteiger partial charge on any atom is 0.316 e. The summed E-state index contributed by atoms with van der Waals surface area (Å²) in [4.78, 5) is 25.1. The van der Waals surface area contributed by atoms with Crippen molar-refractivity contribution in [2.24, 2.45) is 5.41 Å². The predicted octanol–water partition coefficient (Wildman–Crippen LogP) is 4.66.